The van der Waals surface area contributed by atoms with Crippen molar-refractivity contribution in [2.75, 3.05) is 0 Å². The highest BCUT2D eigenvalue weighted by molar-refractivity contribution is 7.08. The molecule has 6 heteroatoms. The average Bonchev–Trinajstić information content (AvgIpc) is 3.19. The Kier molecular flexibility index (Phi) is 3.29. The number of amides is 3. The molecule has 0 N–H and O–H groups in total. The molecule has 0 aliphatic carbocycles. The van der Waals surface area contributed by atoms with Gasteiger partial charge in [0.15, 0.2) is 0 Å². The number of likely N-dealkylation sites (tertiary alicyclic amines) is 1. The van der Waals surface area contributed by atoms with Crippen LogP contribution in [-0.4, -0.2) is 45.6 Å². The van der Waals surface area contributed by atoms with Crippen LogP contribution in [0.3, 0.4) is 0 Å². The van der Waals surface area contributed by atoms with Gasteiger partial charge in [-0.25, -0.2) is 0 Å². The van der Waals surface area contributed by atoms with E-state index >= 15 is 0 Å². The molecule has 22 heavy (non-hydrogen) atoms. The second kappa shape index (κ2) is 5.19. The van der Waals surface area contributed by atoms with Crippen LogP contribution in [0.2, 0.25) is 0 Å². The first-order chi connectivity index (χ1) is 10.6. The van der Waals surface area contributed by atoms with Crippen LogP contribution in [0.1, 0.15) is 48.9 Å². The summed E-state index contributed by atoms with van der Waals surface area (Å²) in [6, 6.07) is 2.19. The lowest BCUT2D eigenvalue weighted by Crippen LogP contribution is -2.53. The van der Waals surface area contributed by atoms with E-state index < -0.39 is 0 Å². The van der Waals surface area contributed by atoms with Crippen LogP contribution in [0, 0.1) is 0 Å². The number of fused-ring (bicyclic) bond motifs is 2. The molecule has 0 saturated carbocycles. The summed E-state index contributed by atoms with van der Waals surface area (Å²) < 4.78 is 0. The molecule has 2 unspecified atom stereocenters. The van der Waals surface area contributed by atoms with Crippen LogP contribution < -0.4 is 0 Å². The summed E-state index contributed by atoms with van der Waals surface area (Å²) in [4.78, 5) is 40.0. The van der Waals surface area contributed by atoms with E-state index in [1.807, 2.05) is 21.7 Å². The molecule has 116 valence electrons. The van der Waals surface area contributed by atoms with Crippen molar-refractivity contribution in [2.24, 2.45) is 0 Å². The minimum Gasteiger partial charge on any atom is -0.332 e. The van der Waals surface area contributed by atoms with E-state index in [1.54, 1.807) is 0 Å². The number of piperidine rings is 1. The largest absolute Gasteiger partial charge is 0.332 e. The van der Waals surface area contributed by atoms with Gasteiger partial charge in [-0.3, -0.25) is 19.3 Å². The fourth-order valence-corrected chi connectivity index (χ4v) is 4.86. The Labute approximate surface area is 132 Å². The molecule has 5 nitrogen and oxygen atoms in total. The molecule has 4 heterocycles. The molecular formula is C16H18N2O3S. The van der Waals surface area contributed by atoms with Gasteiger partial charge in [0.25, 0.3) is 5.91 Å². The fourth-order valence-electron chi connectivity index (χ4n) is 4.23. The maximum absolute atomic E-state index is 12.7. The van der Waals surface area contributed by atoms with Gasteiger partial charge in [-0.05, 0) is 37.1 Å². The summed E-state index contributed by atoms with van der Waals surface area (Å²) in [5.74, 6) is 0.0327. The summed E-state index contributed by atoms with van der Waals surface area (Å²) in [6.07, 6.45) is 4.14. The number of nitrogens with zero attached hydrogens (tertiary/aromatic N) is 2. The van der Waals surface area contributed by atoms with E-state index in [9.17, 15) is 14.4 Å². The van der Waals surface area contributed by atoms with Gasteiger partial charge < -0.3 is 4.90 Å². The minimum absolute atomic E-state index is 0.00785. The first-order valence-corrected chi connectivity index (χ1v) is 8.79. The number of carbonyl (C=O) groups excluding carboxylic acids is 3. The Bertz CT molecular complexity index is 597. The Hall–Kier alpha value is -1.69. The van der Waals surface area contributed by atoms with E-state index in [-0.39, 0.29) is 35.8 Å². The van der Waals surface area contributed by atoms with E-state index in [0.717, 1.165) is 31.2 Å². The molecule has 4 rings (SSSR count). The molecule has 3 aliphatic heterocycles. The Balaban J connectivity index is 1.53. The van der Waals surface area contributed by atoms with Crippen LogP contribution in [0.25, 0.3) is 0 Å². The monoisotopic (exact) mass is 318 g/mol. The highest BCUT2D eigenvalue weighted by atomic mass is 32.1. The van der Waals surface area contributed by atoms with Gasteiger partial charge in [-0.2, -0.15) is 11.3 Å². The van der Waals surface area contributed by atoms with Crippen LogP contribution in [0.15, 0.2) is 16.8 Å². The quantitative estimate of drug-likeness (QED) is 0.784. The van der Waals surface area contributed by atoms with Crippen LogP contribution >= 0.6 is 11.3 Å². The zero-order chi connectivity index (χ0) is 15.3. The first-order valence-electron chi connectivity index (χ1n) is 7.85. The van der Waals surface area contributed by atoms with E-state index in [1.165, 1.54) is 16.2 Å². The summed E-state index contributed by atoms with van der Waals surface area (Å²) in [5, 5.41) is 3.81. The molecule has 1 aromatic heterocycles. The smallest absolute Gasteiger partial charge is 0.255 e. The Morgan fingerprint density at radius 2 is 1.68 bits per heavy atom. The number of carbonyl (C=O) groups is 3. The van der Waals surface area contributed by atoms with Crippen molar-refractivity contribution in [3.8, 4) is 0 Å². The molecule has 2 atom stereocenters. The number of thiophene rings is 1. The number of hydrogen-bond donors (Lipinski definition) is 0. The highest BCUT2D eigenvalue weighted by Crippen LogP contribution is 2.39. The van der Waals surface area contributed by atoms with Crippen LogP contribution in [-0.2, 0) is 9.59 Å². The van der Waals surface area contributed by atoms with Gasteiger partial charge in [0.2, 0.25) is 11.8 Å². The minimum atomic E-state index is -0.0352. The number of imide groups is 1. The standard InChI is InChI=1S/C16H18N2O3S/c19-14-3-4-15(20)18(14)13-7-11-1-2-12(8-13)17(11)16(21)10-5-6-22-9-10/h5-6,9,11-13H,1-4,7-8H2. The zero-order valence-electron chi connectivity index (χ0n) is 12.2. The molecule has 0 spiro atoms. The SMILES string of the molecule is O=C1CCC(=O)N1C1CC2CCC(C1)N2C(=O)c1ccsc1. The maximum Gasteiger partial charge on any atom is 0.255 e. The molecule has 1 aromatic rings. The molecule has 3 aliphatic rings. The Morgan fingerprint density at radius 1 is 1.05 bits per heavy atom. The number of hydrogen-bond acceptors (Lipinski definition) is 4. The van der Waals surface area contributed by atoms with Crippen molar-refractivity contribution in [3.05, 3.63) is 22.4 Å². The number of rotatable bonds is 2. The first kappa shape index (κ1) is 13.9. The lowest BCUT2D eigenvalue weighted by Gasteiger charge is -2.41. The molecule has 3 fully saturated rings. The predicted octanol–water partition coefficient (Wildman–Crippen LogP) is 2.03. The normalized spacial score (nSPS) is 31.2. The third kappa shape index (κ3) is 2.08. The van der Waals surface area contributed by atoms with Crippen molar-refractivity contribution in [3.63, 3.8) is 0 Å². The molecule has 3 amide bonds. The second-order valence-electron chi connectivity index (χ2n) is 6.39. The maximum atomic E-state index is 12.7. The fraction of sp³-hybridized carbons (Fsp3) is 0.562. The lowest BCUT2D eigenvalue weighted by atomic mass is 9.95. The zero-order valence-corrected chi connectivity index (χ0v) is 13.1. The third-order valence-corrected chi connectivity index (χ3v) is 5.85. The molecular weight excluding hydrogens is 300 g/mol. The second-order valence-corrected chi connectivity index (χ2v) is 7.17. The van der Waals surface area contributed by atoms with Gasteiger partial charge in [0.1, 0.15) is 0 Å². The van der Waals surface area contributed by atoms with Crippen molar-refractivity contribution in [1.82, 2.24) is 9.80 Å². The topological polar surface area (TPSA) is 57.7 Å². The molecule has 0 aromatic carbocycles. The van der Waals surface area contributed by atoms with Gasteiger partial charge in [-0.15, -0.1) is 0 Å². The Morgan fingerprint density at radius 3 is 2.23 bits per heavy atom. The van der Waals surface area contributed by atoms with Crippen molar-refractivity contribution in [1.29, 1.82) is 0 Å². The van der Waals surface area contributed by atoms with Crippen LogP contribution in [0.5, 0.6) is 0 Å². The average molecular weight is 318 g/mol. The van der Waals surface area contributed by atoms with Crippen molar-refractivity contribution < 1.29 is 14.4 Å². The molecule has 2 bridgehead atoms. The lowest BCUT2D eigenvalue weighted by molar-refractivity contribution is -0.142. The van der Waals surface area contributed by atoms with E-state index in [2.05, 4.69) is 0 Å². The summed E-state index contributed by atoms with van der Waals surface area (Å²) in [7, 11) is 0. The summed E-state index contributed by atoms with van der Waals surface area (Å²) in [6.45, 7) is 0. The van der Waals surface area contributed by atoms with Crippen LogP contribution in [0.4, 0.5) is 0 Å². The molecule has 3 saturated heterocycles. The van der Waals surface area contributed by atoms with Gasteiger partial charge >= 0.3 is 0 Å². The van der Waals surface area contributed by atoms with Crippen molar-refractivity contribution in [2.45, 2.75) is 56.7 Å². The predicted molar refractivity (Wildman–Crippen MR) is 81.4 cm³/mol. The van der Waals surface area contributed by atoms with E-state index in [0.29, 0.717) is 12.8 Å². The van der Waals surface area contributed by atoms with Gasteiger partial charge in [0.05, 0.1) is 5.56 Å². The van der Waals surface area contributed by atoms with Gasteiger partial charge in [0, 0.05) is 36.3 Å². The molecule has 0 radical (unpaired) electrons. The third-order valence-electron chi connectivity index (χ3n) is 5.17. The van der Waals surface area contributed by atoms with Gasteiger partial charge in [-0.1, -0.05) is 0 Å². The summed E-state index contributed by atoms with van der Waals surface area (Å²) >= 11 is 1.53. The van der Waals surface area contributed by atoms with E-state index in [4.69, 9.17) is 0 Å². The van der Waals surface area contributed by atoms with Crippen molar-refractivity contribution >= 4 is 29.1 Å². The summed E-state index contributed by atoms with van der Waals surface area (Å²) in [5.41, 5.74) is 0.758. The highest BCUT2D eigenvalue weighted by Gasteiger charge is 2.47.